The molecule has 3 rings (SSSR count). The van der Waals surface area contributed by atoms with E-state index < -0.39 is 17.1 Å². The maximum absolute atomic E-state index is 12.5. The predicted molar refractivity (Wildman–Crippen MR) is 113 cm³/mol. The van der Waals surface area contributed by atoms with E-state index in [4.69, 9.17) is 4.74 Å². The van der Waals surface area contributed by atoms with Gasteiger partial charge in [-0.25, -0.2) is 9.36 Å². The number of likely N-dealkylation sites (tertiary alicyclic amines) is 1. The minimum atomic E-state index is -0.704. The monoisotopic (exact) mass is 400 g/mol. The first-order valence-corrected chi connectivity index (χ1v) is 10.0. The fraction of sp³-hybridized carbons (Fsp3) is 0.476. The number of nitrogens with one attached hydrogen (secondary N) is 1. The van der Waals surface area contributed by atoms with Gasteiger partial charge in [-0.05, 0) is 56.6 Å². The van der Waals surface area contributed by atoms with Gasteiger partial charge < -0.3 is 14.7 Å². The first-order chi connectivity index (χ1) is 14.0. The van der Waals surface area contributed by atoms with Crippen molar-refractivity contribution in [3.8, 4) is 17.3 Å². The molecule has 0 saturated carbocycles. The molecule has 2 heterocycles. The normalized spacial score (nSPS) is 15.4. The van der Waals surface area contributed by atoms with E-state index >= 15 is 0 Å². The molecule has 1 aromatic heterocycles. The van der Waals surface area contributed by atoms with Gasteiger partial charge in [-0.1, -0.05) is 13.3 Å². The third-order valence-corrected chi connectivity index (χ3v) is 5.21. The summed E-state index contributed by atoms with van der Waals surface area (Å²) in [5.41, 5.74) is -0.375. The van der Waals surface area contributed by atoms with Crippen LogP contribution in [0.3, 0.4) is 0 Å². The lowest BCUT2D eigenvalue weighted by molar-refractivity contribution is 0.235. The van der Waals surface area contributed by atoms with Gasteiger partial charge in [0.15, 0.2) is 0 Å². The van der Waals surface area contributed by atoms with Crippen LogP contribution in [0.4, 0.5) is 0 Å². The molecule has 0 bridgehead atoms. The van der Waals surface area contributed by atoms with Crippen LogP contribution in [0.25, 0.3) is 5.69 Å². The van der Waals surface area contributed by atoms with E-state index in [-0.39, 0.29) is 5.56 Å². The van der Waals surface area contributed by atoms with E-state index in [1.165, 1.54) is 19.3 Å². The molecule has 1 saturated heterocycles. The fourth-order valence-corrected chi connectivity index (χ4v) is 3.63. The Morgan fingerprint density at radius 1 is 1.17 bits per heavy atom. The number of aromatic nitrogens is 2. The Labute approximate surface area is 169 Å². The number of ether oxygens (including phenoxy) is 1. The van der Waals surface area contributed by atoms with Crippen LogP contribution in [0.5, 0.6) is 11.6 Å². The minimum Gasteiger partial charge on any atom is -0.497 e. The number of hydrogen-bond donors (Lipinski definition) is 2. The van der Waals surface area contributed by atoms with Gasteiger partial charge in [0.1, 0.15) is 11.3 Å². The summed E-state index contributed by atoms with van der Waals surface area (Å²) in [6.07, 6.45) is 4.16. The van der Waals surface area contributed by atoms with E-state index in [1.807, 2.05) is 6.92 Å². The molecule has 156 valence electrons. The van der Waals surface area contributed by atoms with Crippen LogP contribution in [-0.2, 0) is 0 Å². The molecule has 8 nitrogen and oxygen atoms in total. The second kappa shape index (κ2) is 9.56. The van der Waals surface area contributed by atoms with E-state index in [9.17, 15) is 14.7 Å². The summed E-state index contributed by atoms with van der Waals surface area (Å²) < 4.78 is 6.20. The summed E-state index contributed by atoms with van der Waals surface area (Å²) in [5.74, 6) is 0.224. The topological polar surface area (TPSA) is 99.9 Å². The Bertz CT molecular complexity index is 970. The van der Waals surface area contributed by atoms with Crippen LogP contribution in [0, 0.1) is 0 Å². The Kier molecular flexibility index (Phi) is 6.87. The Hall–Kier alpha value is -2.87. The number of hydrogen-bond acceptors (Lipinski definition) is 6. The molecular weight excluding hydrogens is 372 g/mol. The molecule has 8 heteroatoms. The molecule has 1 aliphatic heterocycles. The average molecular weight is 400 g/mol. The highest BCUT2D eigenvalue weighted by Gasteiger charge is 2.19. The first-order valence-electron chi connectivity index (χ1n) is 10.0. The molecule has 0 unspecified atom stereocenters. The lowest BCUT2D eigenvalue weighted by atomic mass is 10.1. The van der Waals surface area contributed by atoms with Crippen molar-refractivity contribution in [2.24, 2.45) is 4.99 Å². The largest absolute Gasteiger partial charge is 0.497 e. The van der Waals surface area contributed by atoms with Gasteiger partial charge >= 0.3 is 5.69 Å². The maximum Gasteiger partial charge on any atom is 0.335 e. The van der Waals surface area contributed by atoms with Crippen LogP contribution in [0.1, 0.15) is 38.2 Å². The summed E-state index contributed by atoms with van der Waals surface area (Å²) in [4.78, 5) is 34.1. The van der Waals surface area contributed by atoms with Gasteiger partial charge in [0.2, 0.25) is 5.88 Å². The van der Waals surface area contributed by atoms with Gasteiger partial charge in [0.25, 0.3) is 5.56 Å². The number of nitrogens with zero attached hydrogens (tertiary/aromatic N) is 3. The zero-order valence-electron chi connectivity index (χ0n) is 17.0. The third-order valence-electron chi connectivity index (χ3n) is 5.21. The van der Waals surface area contributed by atoms with E-state index in [2.05, 4.69) is 14.9 Å². The number of benzene rings is 1. The molecule has 2 aromatic rings. The Balaban J connectivity index is 1.93. The van der Waals surface area contributed by atoms with Crippen molar-refractivity contribution in [1.82, 2.24) is 14.5 Å². The second-order valence-corrected chi connectivity index (χ2v) is 7.08. The molecule has 1 fully saturated rings. The quantitative estimate of drug-likeness (QED) is 0.692. The minimum absolute atomic E-state index is 0.0431. The molecule has 2 N–H and O–H groups in total. The van der Waals surface area contributed by atoms with Crippen LogP contribution < -0.4 is 16.0 Å². The lowest BCUT2D eigenvalue weighted by Crippen LogP contribution is -2.34. The number of piperidine rings is 1. The van der Waals surface area contributed by atoms with Crippen LogP contribution in [0.2, 0.25) is 0 Å². The SMILES string of the molecule is CCC(=NCCN1CCCCC1)c1c(O)n(-c2ccc(OC)cc2)c(=O)[nH]c1=O. The van der Waals surface area contributed by atoms with Gasteiger partial charge in [-0.2, -0.15) is 0 Å². The van der Waals surface area contributed by atoms with Crippen LogP contribution >= 0.6 is 0 Å². The molecule has 0 aliphatic carbocycles. The molecule has 0 atom stereocenters. The molecule has 0 radical (unpaired) electrons. The van der Waals surface area contributed by atoms with Gasteiger partial charge in [0, 0.05) is 6.54 Å². The molecule has 0 spiro atoms. The summed E-state index contributed by atoms with van der Waals surface area (Å²) in [5, 5.41) is 10.8. The number of aromatic hydroxyl groups is 1. The molecule has 1 aromatic carbocycles. The number of methoxy groups -OCH3 is 1. The number of aromatic amines is 1. The number of aliphatic imine (C=N–C) groups is 1. The van der Waals surface area contributed by atoms with Gasteiger partial charge in [-0.15, -0.1) is 0 Å². The average Bonchev–Trinajstić information content (AvgIpc) is 2.73. The van der Waals surface area contributed by atoms with E-state index in [1.54, 1.807) is 31.4 Å². The maximum atomic E-state index is 12.5. The molecular formula is C21H28N4O4. The summed E-state index contributed by atoms with van der Waals surface area (Å²) in [7, 11) is 1.55. The van der Waals surface area contributed by atoms with Crippen molar-refractivity contribution >= 4 is 5.71 Å². The van der Waals surface area contributed by atoms with E-state index in [0.717, 1.165) is 24.2 Å². The van der Waals surface area contributed by atoms with Crippen molar-refractivity contribution in [3.05, 3.63) is 50.7 Å². The van der Waals surface area contributed by atoms with Gasteiger partial charge in [-0.3, -0.25) is 14.8 Å². The van der Waals surface area contributed by atoms with E-state index in [0.29, 0.717) is 30.1 Å². The van der Waals surface area contributed by atoms with Gasteiger partial charge in [0.05, 0.1) is 25.1 Å². The second-order valence-electron chi connectivity index (χ2n) is 7.08. The van der Waals surface area contributed by atoms with Crippen LogP contribution in [0.15, 0.2) is 38.8 Å². The zero-order chi connectivity index (χ0) is 20.8. The summed E-state index contributed by atoms with van der Waals surface area (Å²) in [6.45, 7) is 5.39. The summed E-state index contributed by atoms with van der Waals surface area (Å²) >= 11 is 0. The highest BCUT2D eigenvalue weighted by atomic mass is 16.5. The van der Waals surface area contributed by atoms with Crippen molar-refractivity contribution in [2.45, 2.75) is 32.6 Å². The summed E-state index contributed by atoms with van der Waals surface area (Å²) in [6, 6.07) is 6.64. The molecule has 29 heavy (non-hydrogen) atoms. The Morgan fingerprint density at radius 2 is 1.86 bits per heavy atom. The standard InChI is InChI=1S/C21H28N4O4/c1-3-17(22-11-14-24-12-5-4-6-13-24)18-19(26)23-21(28)25(20(18)27)15-7-9-16(29-2)10-8-15/h7-10,27H,3-6,11-14H2,1-2H3,(H,23,26,28). The van der Waals surface area contributed by atoms with Crippen molar-refractivity contribution in [3.63, 3.8) is 0 Å². The number of H-pyrrole nitrogens is 1. The number of rotatable bonds is 7. The smallest absolute Gasteiger partial charge is 0.335 e. The zero-order valence-corrected chi connectivity index (χ0v) is 17.0. The third kappa shape index (κ3) is 4.76. The Morgan fingerprint density at radius 3 is 2.48 bits per heavy atom. The molecule has 0 amide bonds. The van der Waals surface area contributed by atoms with Crippen molar-refractivity contribution in [1.29, 1.82) is 0 Å². The highest BCUT2D eigenvalue weighted by molar-refractivity contribution is 6.02. The molecule has 1 aliphatic rings. The highest BCUT2D eigenvalue weighted by Crippen LogP contribution is 2.20. The first kappa shape index (κ1) is 20.9. The fourth-order valence-electron chi connectivity index (χ4n) is 3.63. The van der Waals surface area contributed by atoms with Crippen molar-refractivity contribution in [2.75, 3.05) is 33.3 Å². The van der Waals surface area contributed by atoms with Crippen LogP contribution in [-0.4, -0.2) is 58.6 Å². The predicted octanol–water partition coefficient (Wildman–Crippen LogP) is 1.92. The van der Waals surface area contributed by atoms with Crippen molar-refractivity contribution < 1.29 is 9.84 Å². The lowest BCUT2D eigenvalue weighted by Gasteiger charge is -2.25.